The summed E-state index contributed by atoms with van der Waals surface area (Å²) in [5, 5.41) is 6.14. The fourth-order valence-electron chi connectivity index (χ4n) is 1.17. The van der Waals surface area contributed by atoms with Gasteiger partial charge in [-0.05, 0) is 12.6 Å². The number of hydrogen-bond donors (Lipinski definition) is 0. The Labute approximate surface area is 117 Å². The molecule has 2 aromatic rings. The molecule has 0 aliphatic carbocycles. The van der Waals surface area contributed by atoms with Gasteiger partial charge in [0.05, 0.1) is 0 Å². The van der Waals surface area contributed by atoms with Gasteiger partial charge >= 0.3 is 39.1 Å². The van der Waals surface area contributed by atoms with Crippen molar-refractivity contribution in [2.45, 2.75) is 12.1 Å². The summed E-state index contributed by atoms with van der Waals surface area (Å²) in [5.41, 5.74) is -1.53. The van der Waals surface area contributed by atoms with Gasteiger partial charge in [-0.25, -0.2) is 5.10 Å². The average Bonchev–Trinajstić information content (AvgIpc) is 2.72. The van der Waals surface area contributed by atoms with Crippen molar-refractivity contribution in [3.05, 3.63) is 18.1 Å². The molecule has 2 aromatic heterocycles. The summed E-state index contributed by atoms with van der Waals surface area (Å²) in [4.78, 5) is 3.51. The molecule has 0 atom stereocenters. The maximum absolute atomic E-state index is 12.9. The van der Waals surface area contributed by atoms with Gasteiger partial charge in [0.15, 0.2) is 0 Å². The Morgan fingerprint density at radius 2 is 1.79 bits per heavy atom. The predicted octanol–water partition coefficient (Wildman–Crippen LogP) is 2.50. The van der Waals surface area contributed by atoms with Crippen molar-refractivity contribution >= 4 is 20.9 Å². The van der Waals surface area contributed by atoms with E-state index in [1.54, 1.807) is 0 Å². The summed E-state index contributed by atoms with van der Waals surface area (Å²) in [7, 11) is 6.23. The Hall–Kier alpha value is -0.887. The van der Waals surface area contributed by atoms with Crippen LogP contribution in [-0.4, -0.2) is 25.9 Å². The summed E-state index contributed by atoms with van der Waals surface area (Å²) < 4.78 is 63.3. The molecule has 0 saturated carbocycles. The van der Waals surface area contributed by atoms with Gasteiger partial charge in [0.1, 0.15) is 5.69 Å². The molecule has 0 radical (unpaired) electrons. The number of aryl methyl sites for hydroxylation is 1. The number of alkyl halides is 5. The number of nitrogens with zero attached hydrogens (tertiary/aromatic N) is 4. The molecule has 0 aliphatic rings. The van der Waals surface area contributed by atoms with E-state index in [1.807, 2.05) is 0 Å². The Bertz CT molecular complexity index is 570. The molecule has 19 heavy (non-hydrogen) atoms. The standard InChI is InChI=1S/C8H4F5N4.ClH.Zn/c1-17-3-14-4-2-5(15-16-6(4)17)7(9,10)8(11,12)13;;/h2H,1H3;1H;/q-1;;+2/p-1. The van der Waals surface area contributed by atoms with Gasteiger partial charge in [-0.3, -0.25) is 0 Å². The number of fused-ring (bicyclic) bond motifs is 1. The zero-order chi connectivity index (χ0) is 14.8. The van der Waals surface area contributed by atoms with Crippen molar-refractivity contribution in [2.75, 3.05) is 0 Å². The fraction of sp³-hybridized carbons (Fsp3) is 0.375. The molecule has 0 saturated heterocycles. The number of rotatable bonds is 1. The molecule has 0 unspecified atom stereocenters. The first-order valence-electron chi connectivity index (χ1n) is 4.53. The molecule has 4 nitrogen and oxygen atoms in total. The van der Waals surface area contributed by atoms with Gasteiger partial charge in [-0.15, -0.1) is 0 Å². The molecular formula is C8H4ClF5N4Zn. The van der Waals surface area contributed by atoms with Crippen LogP contribution in [0.1, 0.15) is 5.69 Å². The topological polar surface area (TPSA) is 43.6 Å². The van der Waals surface area contributed by atoms with Crippen LogP contribution in [0, 0.1) is 6.33 Å². The van der Waals surface area contributed by atoms with Crippen molar-refractivity contribution in [3.8, 4) is 0 Å². The molecule has 100 valence electrons. The molecule has 0 amide bonds. The van der Waals surface area contributed by atoms with E-state index in [4.69, 9.17) is 9.69 Å². The summed E-state index contributed by atoms with van der Waals surface area (Å²) in [6.07, 6.45) is -3.38. The van der Waals surface area contributed by atoms with Crippen molar-refractivity contribution in [1.29, 1.82) is 0 Å². The second kappa shape index (κ2) is 5.62. The molecule has 0 spiro atoms. The molecule has 2 heterocycles. The van der Waals surface area contributed by atoms with Crippen LogP contribution in [0.2, 0.25) is 0 Å². The fourth-order valence-corrected chi connectivity index (χ4v) is 1.17. The molecule has 11 heteroatoms. The summed E-state index contributed by atoms with van der Waals surface area (Å²) >= 11 is 0.847. The van der Waals surface area contributed by atoms with E-state index in [-0.39, 0.29) is 11.2 Å². The third-order valence-corrected chi connectivity index (χ3v) is 2.07. The summed E-state index contributed by atoms with van der Waals surface area (Å²) in [5.74, 6) is -5.05. The Morgan fingerprint density at radius 1 is 1.21 bits per heavy atom. The van der Waals surface area contributed by atoms with Crippen LogP contribution in [0.5, 0.6) is 0 Å². The normalized spacial score (nSPS) is 12.3. The SMILES string of the molecule is Cn1[c-]nc2cc(C(F)(F)C(F)(F)F)nnc21.[Cl][Zn+]. The molecular weight excluding hydrogens is 348 g/mol. The van der Waals surface area contributed by atoms with E-state index < -0.39 is 17.8 Å². The first kappa shape index (κ1) is 16.2. The maximum atomic E-state index is 12.9. The molecule has 0 fully saturated rings. The van der Waals surface area contributed by atoms with E-state index in [0.29, 0.717) is 6.07 Å². The van der Waals surface area contributed by atoms with Crippen molar-refractivity contribution < 1.29 is 39.3 Å². The second-order valence-electron chi connectivity index (χ2n) is 3.28. The van der Waals surface area contributed by atoms with E-state index in [2.05, 4.69) is 21.5 Å². The summed E-state index contributed by atoms with van der Waals surface area (Å²) in [6.45, 7) is 0. The van der Waals surface area contributed by atoms with Crippen LogP contribution in [0.25, 0.3) is 11.2 Å². The zero-order valence-corrected chi connectivity index (χ0v) is 13.1. The predicted molar refractivity (Wildman–Crippen MR) is 50.9 cm³/mol. The van der Waals surface area contributed by atoms with Crippen molar-refractivity contribution in [3.63, 3.8) is 0 Å². The van der Waals surface area contributed by atoms with E-state index in [9.17, 15) is 22.0 Å². The van der Waals surface area contributed by atoms with Crippen LogP contribution in [0.4, 0.5) is 22.0 Å². The molecule has 2 rings (SSSR count). The monoisotopic (exact) mass is 350 g/mol. The van der Waals surface area contributed by atoms with Crippen LogP contribution in [0.3, 0.4) is 0 Å². The van der Waals surface area contributed by atoms with Gasteiger partial charge in [-0.1, -0.05) is 6.07 Å². The van der Waals surface area contributed by atoms with Crippen LogP contribution < -0.4 is 0 Å². The minimum absolute atomic E-state index is 0.0757. The Balaban J connectivity index is 0.000000861. The summed E-state index contributed by atoms with van der Waals surface area (Å²) in [6, 6.07) is 0.548. The third kappa shape index (κ3) is 3.00. The van der Waals surface area contributed by atoms with E-state index in [0.717, 1.165) is 17.3 Å². The van der Waals surface area contributed by atoms with E-state index in [1.165, 1.54) is 11.6 Å². The van der Waals surface area contributed by atoms with Gasteiger partial charge in [-0.2, -0.15) is 27.1 Å². The third-order valence-electron chi connectivity index (χ3n) is 2.07. The first-order valence-corrected chi connectivity index (χ1v) is 8.43. The van der Waals surface area contributed by atoms with E-state index >= 15 is 0 Å². The average molecular weight is 352 g/mol. The van der Waals surface area contributed by atoms with Crippen LogP contribution in [0.15, 0.2) is 6.07 Å². The van der Waals surface area contributed by atoms with Gasteiger partial charge in [0, 0.05) is 12.0 Å². The number of hydrogen-bond acceptors (Lipinski definition) is 3. The number of aromatic nitrogens is 4. The molecule has 0 aromatic carbocycles. The van der Waals surface area contributed by atoms with Gasteiger partial charge in [0.2, 0.25) is 0 Å². The second-order valence-corrected chi connectivity index (χ2v) is 3.28. The first-order chi connectivity index (χ1) is 8.73. The quantitative estimate of drug-likeness (QED) is 0.450. The van der Waals surface area contributed by atoms with Crippen molar-refractivity contribution in [2.24, 2.45) is 7.05 Å². The van der Waals surface area contributed by atoms with Crippen LogP contribution in [-0.2, 0) is 30.3 Å². The van der Waals surface area contributed by atoms with Crippen LogP contribution >= 0.6 is 9.69 Å². The minimum atomic E-state index is -5.71. The number of imidazole rings is 1. The molecule has 0 bridgehead atoms. The molecule has 0 N–H and O–H groups in total. The Kier molecular flexibility index (Phi) is 4.78. The number of halogens is 6. The van der Waals surface area contributed by atoms with Gasteiger partial charge in [0.25, 0.3) is 0 Å². The Morgan fingerprint density at radius 3 is 2.32 bits per heavy atom. The van der Waals surface area contributed by atoms with Gasteiger partial charge < -0.3 is 9.55 Å². The van der Waals surface area contributed by atoms with Crippen molar-refractivity contribution in [1.82, 2.24) is 19.7 Å². The molecule has 0 aliphatic heterocycles. The zero-order valence-electron chi connectivity index (χ0n) is 9.34.